The number of piperidine rings is 1. The van der Waals surface area contributed by atoms with E-state index in [0.717, 1.165) is 49.2 Å². The van der Waals surface area contributed by atoms with Gasteiger partial charge < -0.3 is 14.7 Å². The summed E-state index contributed by atoms with van der Waals surface area (Å²) in [5, 5.41) is 9.94. The van der Waals surface area contributed by atoms with Gasteiger partial charge in [-0.25, -0.2) is 0 Å². The van der Waals surface area contributed by atoms with Crippen LogP contribution in [0.15, 0.2) is 54.6 Å². The quantitative estimate of drug-likeness (QED) is 0.777. The summed E-state index contributed by atoms with van der Waals surface area (Å²) in [6.07, 6.45) is 3.53. The zero-order chi connectivity index (χ0) is 20.0. The normalized spacial score (nSPS) is 17.4. The van der Waals surface area contributed by atoms with Crippen molar-refractivity contribution in [1.29, 1.82) is 0 Å². The number of carbonyl (C=O) groups excluding carboxylic acids is 1. The number of hydrogen-bond acceptors (Lipinski definition) is 3. The van der Waals surface area contributed by atoms with E-state index in [4.69, 9.17) is 4.74 Å². The van der Waals surface area contributed by atoms with Crippen LogP contribution >= 0.6 is 0 Å². The van der Waals surface area contributed by atoms with E-state index < -0.39 is 5.60 Å². The highest BCUT2D eigenvalue weighted by atomic mass is 16.5. The van der Waals surface area contributed by atoms with Crippen LogP contribution in [0, 0.1) is 5.92 Å². The first kappa shape index (κ1) is 20.4. The third-order valence-electron chi connectivity index (χ3n) is 5.23. The number of carbonyl (C=O) groups is 1. The number of hydrogen-bond donors (Lipinski definition) is 1. The standard InChI is InChI=1S/C24H31NO3/c1-24(2,27)14-13-19-8-6-10-21(16-19)23(26)25-15-7-9-20(17-25)18-28-22-11-4-3-5-12-22/h3-6,8,10-12,16,20,27H,7,9,13-15,17-18H2,1-2H3/t20-/m0/s1. The van der Waals surface area contributed by atoms with E-state index in [1.165, 1.54) is 0 Å². The average molecular weight is 382 g/mol. The lowest BCUT2D eigenvalue weighted by atomic mass is 9.96. The van der Waals surface area contributed by atoms with Gasteiger partial charge in [-0.2, -0.15) is 0 Å². The van der Waals surface area contributed by atoms with Gasteiger partial charge in [-0.3, -0.25) is 4.79 Å². The predicted octanol–water partition coefficient (Wildman–Crippen LogP) is 4.32. The molecular weight excluding hydrogens is 350 g/mol. The average Bonchev–Trinajstić information content (AvgIpc) is 2.71. The summed E-state index contributed by atoms with van der Waals surface area (Å²) in [4.78, 5) is 15.0. The van der Waals surface area contributed by atoms with E-state index in [2.05, 4.69) is 0 Å². The van der Waals surface area contributed by atoms with Gasteiger partial charge in [0.25, 0.3) is 5.91 Å². The van der Waals surface area contributed by atoms with Gasteiger partial charge in [0, 0.05) is 24.6 Å². The molecule has 1 atom stereocenters. The smallest absolute Gasteiger partial charge is 0.253 e. The van der Waals surface area contributed by atoms with Crippen LogP contribution in [0.3, 0.4) is 0 Å². The maximum absolute atomic E-state index is 13.0. The Morgan fingerprint density at radius 3 is 2.71 bits per heavy atom. The van der Waals surface area contributed by atoms with Gasteiger partial charge in [-0.1, -0.05) is 30.3 Å². The van der Waals surface area contributed by atoms with Crippen molar-refractivity contribution >= 4 is 5.91 Å². The number of benzene rings is 2. The molecule has 0 radical (unpaired) electrons. The second-order valence-electron chi connectivity index (χ2n) is 8.40. The highest BCUT2D eigenvalue weighted by Crippen LogP contribution is 2.21. The summed E-state index contributed by atoms with van der Waals surface area (Å²) in [5.41, 5.74) is 1.13. The first-order valence-corrected chi connectivity index (χ1v) is 10.2. The molecule has 2 aromatic rings. The van der Waals surface area contributed by atoms with Gasteiger partial charge in [0.1, 0.15) is 5.75 Å². The molecule has 1 amide bonds. The third-order valence-corrected chi connectivity index (χ3v) is 5.23. The Morgan fingerprint density at radius 2 is 1.96 bits per heavy atom. The Balaban J connectivity index is 1.57. The Morgan fingerprint density at radius 1 is 1.18 bits per heavy atom. The molecule has 3 rings (SSSR count). The number of para-hydroxylation sites is 1. The minimum Gasteiger partial charge on any atom is -0.493 e. The lowest BCUT2D eigenvalue weighted by molar-refractivity contribution is 0.0633. The molecule has 1 N–H and O–H groups in total. The Kier molecular flexibility index (Phi) is 6.74. The van der Waals surface area contributed by atoms with Crippen molar-refractivity contribution < 1.29 is 14.6 Å². The van der Waals surface area contributed by atoms with Crippen molar-refractivity contribution in [2.24, 2.45) is 5.92 Å². The Bertz CT molecular complexity index is 767. The Labute approximate surface area is 168 Å². The zero-order valence-corrected chi connectivity index (χ0v) is 16.9. The first-order valence-electron chi connectivity index (χ1n) is 10.2. The van der Waals surface area contributed by atoms with Gasteiger partial charge in [-0.05, 0) is 69.4 Å². The minimum atomic E-state index is -0.696. The number of aliphatic hydroxyl groups is 1. The highest BCUT2D eigenvalue weighted by Gasteiger charge is 2.25. The minimum absolute atomic E-state index is 0.0921. The van der Waals surface area contributed by atoms with Gasteiger partial charge in [0.15, 0.2) is 0 Å². The molecule has 0 aromatic heterocycles. The number of aryl methyl sites for hydroxylation is 1. The molecule has 0 saturated carbocycles. The van der Waals surface area contributed by atoms with Crippen molar-refractivity contribution in [3.05, 3.63) is 65.7 Å². The fraction of sp³-hybridized carbons (Fsp3) is 0.458. The highest BCUT2D eigenvalue weighted by molar-refractivity contribution is 5.94. The Hall–Kier alpha value is -2.33. The van der Waals surface area contributed by atoms with Crippen LogP contribution in [-0.4, -0.2) is 41.2 Å². The van der Waals surface area contributed by atoms with E-state index in [1.807, 2.05) is 73.3 Å². The number of ether oxygens (including phenoxy) is 1. The topological polar surface area (TPSA) is 49.8 Å². The van der Waals surface area contributed by atoms with Crippen LogP contribution in [0.2, 0.25) is 0 Å². The fourth-order valence-electron chi connectivity index (χ4n) is 3.61. The first-order chi connectivity index (χ1) is 13.4. The van der Waals surface area contributed by atoms with Crippen molar-refractivity contribution in [2.75, 3.05) is 19.7 Å². The van der Waals surface area contributed by atoms with Crippen LogP contribution in [0.25, 0.3) is 0 Å². The van der Waals surface area contributed by atoms with E-state index in [0.29, 0.717) is 18.9 Å². The molecule has 1 aliphatic heterocycles. The number of likely N-dealkylation sites (tertiary alicyclic amines) is 1. The molecule has 0 aliphatic carbocycles. The summed E-state index contributed by atoms with van der Waals surface area (Å²) in [6.45, 7) is 5.80. The van der Waals surface area contributed by atoms with E-state index >= 15 is 0 Å². The summed E-state index contributed by atoms with van der Waals surface area (Å²) < 4.78 is 5.90. The van der Waals surface area contributed by atoms with Crippen LogP contribution in [0.5, 0.6) is 5.75 Å². The molecule has 28 heavy (non-hydrogen) atoms. The molecule has 0 spiro atoms. The predicted molar refractivity (Wildman–Crippen MR) is 112 cm³/mol. The fourth-order valence-corrected chi connectivity index (χ4v) is 3.61. The van der Waals surface area contributed by atoms with Crippen molar-refractivity contribution in [2.45, 2.75) is 45.1 Å². The summed E-state index contributed by atoms with van der Waals surface area (Å²) in [7, 11) is 0. The van der Waals surface area contributed by atoms with E-state index in [-0.39, 0.29) is 5.91 Å². The van der Waals surface area contributed by atoms with Gasteiger partial charge >= 0.3 is 0 Å². The van der Waals surface area contributed by atoms with E-state index in [9.17, 15) is 9.90 Å². The maximum atomic E-state index is 13.0. The molecule has 1 heterocycles. The van der Waals surface area contributed by atoms with Crippen LogP contribution in [-0.2, 0) is 6.42 Å². The molecule has 1 fully saturated rings. The number of rotatable bonds is 7. The SMILES string of the molecule is CC(C)(O)CCc1cccc(C(=O)N2CCC[C@H](COc3ccccc3)C2)c1. The molecule has 150 valence electrons. The van der Waals surface area contributed by atoms with Gasteiger partial charge in [0.05, 0.1) is 12.2 Å². The lowest BCUT2D eigenvalue weighted by Crippen LogP contribution is -2.41. The zero-order valence-electron chi connectivity index (χ0n) is 16.9. The third kappa shape index (κ3) is 6.10. The number of amides is 1. The van der Waals surface area contributed by atoms with Gasteiger partial charge in [-0.15, -0.1) is 0 Å². The molecule has 0 bridgehead atoms. The van der Waals surface area contributed by atoms with Crippen LogP contribution < -0.4 is 4.74 Å². The molecule has 1 aliphatic rings. The molecule has 1 saturated heterocycles. The molecule has 2 aromatic carbocycles. The molecule has 4 nitrogen and oxygen atoms in total. The maximum Gasteiger partial charge on any atom is 0.253 e. The van der Waals surface area contributed by atoms with Crippen LogP contribution in [0.4, 0.5) is 0 Å². The number of nitrogens with zero attached hydrogens (tertiary/aromatic N) is 1. The van der Waals surface area contributed by atoms with Crippen molar-refractivity contribution in [3.63, 3.8) is 0 Å². The van der Waals surface area contributed by atoms with E-state index in [1.54, 1.807) is 0 Å². The summed E-state index contributed by atoms with van der Waals surface area (Å²) in [5.74, 6) is 1.33. The largest absolute Gasteiger partial charge is 0.493 e. The second-order valence-corrected chi connectivity index (χ2v) is 8.40. The van der Waals surface area contributed by atoms with Crippen LogP contribution in [0.1, 0.15) is 49.0 Å². The summed E-state index contributed by atoms with van der Waals surface area (Å²) in [6, 6.07) is 17.7. The molecule has 0 unspecified atom stereocenters. The summed E-state index contributed by atoms with van der Waals surface area (Å²) >= 11 is 0. The second kappa shape index (κ2) is 9.24. The molecular formula is C24H31NO3. The van der Waals surface area contributed by atoms with Gasteiger partial charge in [0.2, 0.25) is 0 Å². The van der Waals surface area contributed by atoms with Crippen molar-refractivity contribution in [3.8, 4) is 5.75 Å². The van der Waals surface area contributed by atoms with Crippen molar-refractivity contribution in [1.82, 2.24) is 4.90 Å². The molecule has 4 heteroatoms. The monoisotopic (exact) mass is 381 g/mol. The lowest BCUT2D eigenvalue weighted by Gasteiger charge is -2.32.